The molecule has 0 radical (unpaired) electrons. The molecule has 0 N–H and O–H groups in total. The third-order valence-corrected chi connectivity index (χ3v) is 12.3. The molecular formula is C54H34N2S. The molecule has 0 aliphatic heterocycles. The molecule has 9 aromatic carbocycles. The largest absolute Gasteiger partial charge is 0.228 e. The number of fused-ring (bicyclic) bond motifs is 6. The number of aromatic nitrogens is 2. The second-order valence-electron chi connectivity index (χ2n) is 14.5. The van der Waals surface area contributed by atoms with E-state index in [9.17, 15) is 0 Å². The number of thiophene rings is 1. The number of benzene rings is 9. The minimum Gasteiger partial charge on any atom is -0.228 e. The van der Waals surface area contributed by atoms with Crippen molar-refractivity contribution in [3.05, 3.63) is 206 Å². The van der Waals surface area contributed by atoms with Gasteiger partial charge in [0.1, 0.15) is 0 Å². The number of nitrogens with zero attached hydrogens (tertiary/aromatic N) is 2. The average molecular weight is 743 g/mol. The summed E-state index contributed by atoms with van der Waals surface area (Å²) in [6.45, 7) is 0. The Bertz CT molecular complexity index is 3230. The first kappa shape index (κ1) is 33.2. The van der Waals surface area contributed by atoms with Crippen LogP contribution in [0.1, 0.15) is 0 Å². The van der Waals surface area contributed by atoms with E-state index >= 15 is 0 Å². The van der Waals surface area contributed by atoms with Crippen LogP contribution in [-0.2, 0) is 0 Å². The quantitative estimate of drug-likeness (QED) is 0.159. The Morgan fingerprint density at radius 2 is 0.860 bits per heavy atom. The van der Waals surface area contributed by atoms with Crippen molar-refractivity contribution in [1.29, 1.82) is 0 Å². The fourth-order valence-electron chi connectivity index (χ4n) is 8.30. The fraction of sp³-hybridized carbons (Fsp3) is 0. The van der Waals surface area contributed by atoms with E-state index in [0.29, 0.717) is 5.82 Å². The minimum atomic E-state index is 0.704. The average Bonchev–Trinajstić information content (AvgIpc) is 3.68. The maximum absolute atomic E-state index is 5.29. The van der Waals surface area contributed by atoms with Crippen molar-refractivity contribution in [2.75, 3.05) is 0 Å². The molecule has 2 nitrogen and oxygen atoms in total. The molecule has 0 bridgehead atoms. The highest BCUT2D eigenvalue weighted by molar-refractivity contribution is 7.26. The van der Waals surface area contributed by atoms with Gasteiger partial charge in [-0.15, -0.1) is 11.3 Å². The molecule has 0 spiro atoms. The van der Waals surface area contributed by atoms with Gasteiger partial charge in [0.05, 0.1) is 11.4 Å². The lowest BCUT2D eigenvalue weighted by molar-refractivity contribution is 1.18. The zero-order valence-electron chi connectivity index (χ0n) is 30.9. The summed E-state index contributed by atoms with van der Waals surface area (Å²) in [6.07, 6.45) is 0. The molecule has 57 heavy (non-hydrogen) atoms. The third kappa shape index (κ3) is 5.97. The molecule has 2 aromatic heterocycles. The first-order valence-corrected chi connectivity index (χ1v) is 20.1. The molecule has 266 valence electrons. The lowest BCUT2D eigenvalue weighted by atomic mass is 9.90. The molecule has 0 saturated carbocycles. The van der Waals surface area contributed by atoms with Gasteiger partial charge in [-0.3, -0.25) is 0 Å². The van der Waals surface area contributed by atoms with Gasteiger partial charge < -0.3 is 0 Å². The lowest BCUT2D eigenvalue weighted by Gasteiger charge is -2.15. The SMILES string of the molecule is c1ccc(-c2cc(-c3cc(-c4cccc(-c5cc6ccccc6c6ccccc56)c4)cc(-c4cccc5c4sc4ccccc45)c3)nc(-c3ccccc3)n2)cc1. The standard InChI is InChI=1S/C54H34N2S/c1-3-15-35(16-4-1)50-34-51(56-54(55-50)36-17-5-2-6-18-36)42-31-40(30-41(32-42)44-26-14-27-48-47-25-11-12-28-52(47)57-53(44)48)37-20-13-21-38(29-37)49-33-39-19-7-8-22-43(39)45-23-9-10-24-46(45)49/h1-34H. The molecule has 2 heterocycles. The van der Waals surface area contributed by atoms with Gasteiger partial charge in [0.25, 0.3) is 0 Å². The highest BCUT2D eigenvalue weighted by Crippen LogP contribution is 2.43. The number of hydrogen-bond acceptors (Lipinski definition) is 3. The molecule has 3 heteroatoms. The van der Waals surface area contributed by atoms with E-state index < -0.39 is 0 Å². The zero-order chi connectivity index (χ0) is 37.7. The van der Waals surface area contributed by atoms with Crippen molar-refractivity contribution in [2.24, 2.45) is 0 Å². The Labute approximate surface area is 335 Å². The molecule has 11 rings (SSSR count). The summed E-state index contributed by atoms with van der Waals surface area (Å²) in [5.41, 5.74) is 11.9. The van der Waals surface area contributed by atoms with Crippen molar-refractivity contribution in [1.82, 2.24) is 9.97 Å². The van der Waals surface area contributed by atoms with Gasteiger partial charge in [0, 0.05) is 36.9 Å². The smallest absolute Gasteiger partial charge is 0.160 e. The first-order valence-electron chi connectivity index (χ1n) is 19.3. The van der Waals surface area contributed by atoms with E-state index in [4.69, 9.17) is 9.97 Å². The number of rotatable bonds is 6. The molecular weight excluding hydrogens is 709 g/mol. The highest BCUT2D eigenvalue weighted by Gasteiger charge is 2.17. The molecule has 0 fully saturated rings. The molecule has 0 atom stereocenters. The Morgan fingerprint density at radius 3 is 1.68 bits per heavy atom. The molecule has 11 aromatic rings. The Balaban J connectivity index is 1.15. The van der Waals surface area contributed by atoms with E-state index in [1.54, 1.807) is 0 Å². The highest BCUT2D eigenvalue weighted by atomic mass is 32.1. The van der Waals surface area contributed by atoms with Crippen molar-refractivity contribution in [2.45, 2.75) is 0 Å². The topological polar surface area (TPSA) is 25.8 Å². The Kier molecular flexibility index (Phi) is 8.04. The predicted octanol–water partition coefficient (Wildman–Crippen LogP) is 15.2. The fourth-order valence-corrected chi connectivity index (χ4v) is 9.54. The summed E-state index contributed by atoms with van der Waals surface area (Å²) in [7, 11) is 0. The van der Waals surface area contributed by atoms with E-state index in [0.717, 1.165) is 44.8 Å². The summed E-state index contributed by atoms with van der Waals surface area (Å²) in [6, 6.07) is 74.1. The minimum absolute atomic E-state index is 0.704. The van der Waals surface area contributed by atoms with Gasteiger partial charge in [-0.2, -0.15) is 0 Å². The predicted molar refractivity (Wildman–Crippen MR) is 243 cm³/mol. The maximum Gasteiger partial charge on any atom is 0.160 e. The van der Waals surface area contributed by atoms with Crippen LogP contribution in [0, 0.1) is 0 Å². The molecule has 0 amide bonds. The maximum atomic E-state index is 5.29. The van der Waals surface area contributed by atoms with Crippen LogP contribution in [0.25, 0.3) is 109 Å². The van der Waals surface area contributed by atoms with Crippen LogP contribution < -0.4 is 0 Å². The molecule has 0 saturated heterocycles. The molecule has 0 unspecified atom stereocenters. The first-order chi connectivity index (χ1) is 28.2. The van der Waals surface area contributed by atoms with Crippen LogP contribution in [0.3, 0.4) is 0 Å². The zero-order valence-corrected chi connectivity index (χ0v) is 31.7. The molecule has 0 aliphatic rings. The van der Waals surface area contributed by atoms with Gasteiger partial charge in [-0.05, 0) is 97.4 Å². The normalized spacial score (nSPS) is 11.5. The second-order valence-corrected chi connectivity index (χ2v) is 15.6. The van der Waals surface area contributed by atoms with Crippen LogP contribution in [0.4, 0.5) is 0 Å². The van der Waals surface area contributed by atoms with Crippen LogP contribution in [0.2, 0.25) is 0 Å². The van der Waals surface area contributed by atoms with Crippen LogP contribution in [-0.4, -0.2) is 9.97 Å². The van der Waals surface area contributed by atoms with Crippen LogP contribution >= 0.6 is 11.3 Å². The summed E-state index contributed by atoms with van der Waals surface area (Å²) < 4.78 is 2.58. The monoisotopic (exact) mass is 742 g/mol. The van der Waals surface area contributed by atoms with Gasteiger partial charge in [-0.1, -0.05) is 164 Å². The van der Waals surface area contributed by atoms with E-state index in [2.05, 4.69) is 182 Å². The van der Waals surface area contributed by atoms with E-state index in [1.165, 1.54) is 58.4 Å². The second kappa shape index (κ2) is 13.8. The van der Waals surface area contributed by atoms with Gasteiger partial charge in [0.2, 0.25) is 0 Å². The third-order valence-electron chi connectivity index (χ3n) is 11.0. The lowest BCUT2D eigenvalue weighted by Crippen LogP contribution is -1.96. The Morgan fingerprint density at radius 1 is 0.298 bits per heavy atom. The van der Waals surface area contributed by atoms with Crippen molar-refractivity contribution < 1.29 is 0 Å². The Hall–Kier alpha value is -7.20. The van der Waals surface area contributed by atoms with Crippen LogP contribution in [0.15, 0.2) is 206 Å². The molecule has 0 aliphatic carbocycles. The summed E-state index contributed by atoms with van der Waals surface area (Å²) in [4.78, 5) is 10.4. The van der Waals surface area contributed by atoms with Crippen molar-refractivity contribution >= 4 is 53.1 Å². The van der Waals surface area contributed by atoms with Crippen molar-refractivity contribution in [3.8, 4) is 67.3 Å². The summed E-state index contributed by atoms with van der Waals surface area (Å²) in [5.74, 6) is 0.704. The van der Waals surface area contributed by atoms with Crippen LogP contribution in [0.5, 0.6) is 0 Å². The summed E-state index contributed by atoms with van der Waals surface area (Å²) in [5, 5.41) is 7.61. The van der Waals surface area contributed by atoms with Gasteiger partial charge in [-0.25, -0.2) is 9.97 Å². The number of hydrogen-bond donors (Lipinski definition) is 0. The summed E-state index contributed by atoms with van der Waals surface area (Å²) >= 11 is 1.86. The van der Waals surface area contributed by atoms with Gasteiger partial charge in [0.15, 0.2) is 5.82 Å². The van der Waals surface area contributed by atoms with E-state index in [1.807, 2.05) is 35.6 Å². The van der Waals surface area contributed by atoms with Crippen molar-refractivity contribution in [3.63, 3.8) is 0 Å². The van der Waals surface area contributed by atoms with E-state index in [-0.39, 0.29) is 0 Å². The van der Waals surface area contributed by atoms with Gasteiger partial charge >= 0.3 is 0 Å².